The Labute approximate surface area is 119 Å². The summed E-state index contributed by atoms with van der Waals surface area (Å²) in [6.45, 7) is 6.05. The van der Waals surface area contributed by atoms with E-state index in [2.05, 4.69) is 17.6 Å². The van der Waals surface area contributed by atoms with Crippen LogP contribution in [0.2, 0.25) is 0 Å². The smallest absolute Gasteiger partial charge is 0.253 e. The lowest BCUT2D eigenvalue weighted by molar-refractivity contribution is -0.117. The van der Waals surface area contributed by atoms with Crippen LogP contribution in [0.1, 0.15) is 44.0 Å². The van der Waals surface area contributed by atoms with Gasteiger partial charge in [0.2, 0.25) is 5.91 Å². The SMILES string of the molecule is CC[C@H](C)NC(=O)c1ccccc1NC(=O)[C@H]1C[C@H]1C. The second-order valence-corrected chi connectivity index (χ2v) is 5.64. The maximum absolute atomic E-state index is 12.2. The Morgan fingerprint density at radius 2 is 2.00 bits per heavy atom. The van der Waals surface area contributed by atoms with Gasteiger partial charge < -0.3 is 10.6 Å². The van der Waals surface area contributed by atoms with Gasteiger partial charge in [0.1, 0.15) is 0 Å². The monoisotopic (exact) mass is 274 g/mol. The fraction of sp³-hybridized carbons (Fsp3) is 0.500. The molecule has 0 aromatic heterocycles. The predicted molar refractivity (Wildman–Crippen MR) is 79.6 cm³/mol. The Morgan fingerprint density at radius 3 is 2.60 bits per heavy atom. The number of amides is 2. The van der Waals surface area contributed by atoms with Crippen molar-refractivity contribution < 1.29 is 9.59 Å². The van der Waals surface area contributed by atoms with Crippen molar-refractivity contribution in [3.8, 4) is 0 Å². The van der Waals surface area contributed by atoms with Gasteiger partial charge in [-0.2, -0.15) is 0 Å². The van der Waals surface area contributed by atoms with Crippen molar-refractivity contribution in [3.63, 3.8) is 0 Å². The average Bonchev–Trinajstić information content (AvgIpc) is 3.16. The van der Waals surface area contributed by atoms with Crippen LogP contribution in [0.3, 0.4) is 0 Å². The second kappa shape index (κ2) is 6.07. The number of hydrogen-bond acceptors (Lipinski definition) is 2. The van der Waals surface area contributed by atoms with Crippen molar-refractivity contribution >= 4 is 17.5 Å². The van der Waals surface area contributed by atoms with Crippen molar-refractivity contribution in [2.24, 2.45) is 11.8 Å². The van der Waals surface area contributed by atoms with Crippen molar-refractivity contribution in [3.05, 3.63) is 29.8 Å². The molecule has 1 aromatic rings. The van der Waals surface area contributed by atoms with Crippen LogP contribution >= 0.6 is 0 Å². The normalized spacial score (nSPS) is 21.9. The third-order valence-corrected chi connectivity index (χ3v) is 3.87. The van der Waals surface area contributed by atoms with E-state index in [9.17, 15) is 9.59 Å². The Morgan fingerprint density at radius 1 is 1.35 bits per heavy atom. The standard InChI is InChI=1S/C16H22N2O2/c1-4-11(3)17-15(19)12-7-5-6-8-14(12)18-16(20)13-9-10(13)2/h5-8,10-11,13H,4,9H2,1-3H3,(H,17,19)(H,18,20)/t10-,11+,13+/m1/s1. The van der Waals surface area contributed by atoms with E-state index in [1.807, 2.05) is 19.9 Å². The Bertz CT molecular complexity index is 513. The van der Waals surface area contributed by atoms with E-state index in [-0.39, 0.29) is 23.8 Å². The van der Waals surface area contributed by atoms with Crippen LogP contribution in [-0.2, 0) is 4.79 Å². The number of rotatable bonds is 5. The fourth-order valence-electron chi connectivity index (χ4n) is 2.11. The van der Waals surface area contributed by atoms with Gasteiger partial charge in [0.25, 0.3) is 5.91 Å². The van der Waals surface area contributed by atoms with E-state index in [1.54, 1.807) is 18.2 Å². The number of para-hydroxylation sites is 1. The van der Waals surface area contributed by atoms with Gasteiger partial charge in [-0.05, 0) is 37.8 Å². The third kappa shape index (κ3) is 3.38. The molecule has 1 aromatic carbocycles. The highest BCUT2D eigenvalue weighted by Gasteiger charge is 2.39. The van der Waals surface area contributed by atoms with Gasteiger partial charge in [-0.25, -0.2) is 0 Å². The van der Waals surface area contributed by atoms with E-state index in [0.717, 1.165) is 12.8 Å². The van der Waals surface area contributed by atoms with Crippen molar-refractivity contribution in [1.29, 1.82) is 0 Å². The van der Waals surface area contributed by atoms with Crippen LogP contribution in [0.5, 0.6) is 0 Å². The third-order valence-electron chi connectivity index (χ3n) is 3.87. The fourth-order valence-corrected chi connectivity index (χ4v) is 2.11. The lowest BCUT2D eigenvalue weighted by atomic mass is 10.1. The van der Waals surface area contributed by atoms with Gasteiger partial charge in [-0.3, -0.25) is 9.59 Å². The molecule has 1 fully saturated rings. The van der Waals surface area contributed by atoms with Crippen molar-refractivity contribution in [2.45, 2.75) is 39.7 Å². The van der Waals surface area contributed by atoms with E-state index in [4.69, 9.17) is 0 Å². The maximum Gasteiger partial charge on any atom is 0.253 e. The minimum Gasteiger partial charge on any atom is -0.350 e. The van der Waals surface area contributed by atoms with E-state index in [0.29, 0.717) is 17.2 Å². The highest BCUT2D eigenvalue weighted by molar-refractivity contribution is 6.04. The highest BCUT2D eigenvalue weighted by Crippen LogP contribution is 2.38. The molecule has 2 amide bonds. The molecule has 0 saturated heterocycles. The average molecular weight is 274 g/mol. The molecule has 4 nitrogen and oxygen atoms in total. The van der Waals surface area contributed by atoms with Gasteiger partial charge in [-0.15, -0.1) is 0 Å². The first-order chi connectivity index (χ1) is 9.52. The summed E-state index contributed by atoms with van der Waals surface area (Å²) in [6.07, 6.45) is 1.81. The summed E-state index contributed by atoms with van der Waals surface area (Å²) in [5.41, 5.74) is 1.12. The lowest BCUT2D eigenvalue weighted by Crippen LogP contribution is -2.32. The molecule has 1 aliphatic carbocycles. The van der Waals surface area contributed by atoms with Gasteiger partial charge >= 0.3 is 0 Å². The summed E-state index contributed by atoms with van der Waals surface area (Å²) >= 11 is 0. The Kier molecular flexibility index (Phi) is 4.42. The van der Waals surface area contributed by atoms with Crippen LogP contribution in [-0.4, -0.2) is 17.9 Å². The first-order valence-corrected chi connectivity index (χ1v) is 7.23. The summed E-state index contributed by atoms with van der Waals surface area (Å²) in [7, 11) is 0. The van der Waals surface area contributed by atoms with Gasteiger partial charge in [0.05, 0.1) is 11.3 Å². The zero-order chi connectivity index (χ0) is 14.7. The first kappa shape index (κ1) is 14.6. The molecule has 108 valence electrons. The van der Waals surface area contributed by atoms with Gasteiger partial charge in [0.15, 0.2) is 0 Å². The predicted octanol–water partition coefficient (Wildman–Crippen LogP) is 2.81. The minimum absolute atomic E-state index is 0.0151. The minimum atomic E-state index is -0.140. The maximum atomic E-state index is 12.2. The molecule has 4 heteroatoms. The molecule has 1 saturated carbocycles. The second-order valence-electron chi connectivity index (χ2n) is 5.64. The summed E-state index contributed by atoms with van der Waals surface area (Å²) in [5.74, 6) is 0.428. The molecule has 1 aliphatic rings. The number of carbonyl (C=O) groups is 2. The molecule has 20 heavy (non-hydrogen) atoms. The zero-order valence-corrected chi connectivity index (χ0v) is 12.3. The molecule has 2 rings (SSSR count). The van der Waals surface area contributed by atoms with E-state index < -0.39 is 0 Å². The number of hydrogen-bond donors (Lipinski definition) is 2. The van der Waals surface area contributed by atoms with Crippen LogP contribution in [0.25, 0.3) is 0 Å². The molecule has 0 radical (unpaired) electrons. The molecular weight excluding hydrogens is 252 g/mol. The van der Waals surface area contributed by atoms with Crippen LogP contribution in [0.4, 0.5) is 5.69 Å². The lowest BCUT2D eigenvalue weighted by Gasteiger charge is -2.14. The van der Waals surface area contributed by atoms with Gasteiger partial charge in [0, 0.05) is 12.0 Å². The summed E-state index contributed by atoms with van der Waals surface area (Å²) < 4.78 is 0. The number of benzene rings is 1. The Hall–Kier alpha value is -1.84. The largest absolute Gasteiger partial charge is 0.350 e. The molecule has 0 bridgehead atoms. The molecule has 2 N–H and O–H groups in total. The topological polar surface area (TPSA) is 58.2 Å². The Balaban J connectivity index is 2.09. The van der Waals surface area contributed by atoms with Gasteiger partial charge in [-0.1, -0.05) is 26.0 Å². The van der Waals surface area contributed by atoms with E-state index in [1.165, 1.54) is 0 Å². The quantitative estimate of drug-likeness (QED) is 0.867. The van der Waals surface area contributed by atoms with E-state index >= 15 is 0 Å². The summed E-state index contributed by atoms with van der Waals surface area (Å²) in [4.78, 5) is 24.2. The molecule has 0 aliphatic heterocycles. The van der Waals surface area contributed by atoms with Crippen LogP contribution < -0.4 is 10.6 Å². The summed E-state index contributed by atoms with van der Waals surface area (Å²) in [5, 5.41) is 5.80. The first-order valence-electron chi connectivity index (χ1n) is 7.23. The number of anilines is 1. The van der Waals surface area contributed by atoms with Crippen molar-refractivity contribution in [2.75, 3.05) is 5.32 Å². The molecule has 0 heterocycles. The number of carbonyl (C=O) groups excluding carboxylic acids is 2. The highest BCUT2D eigenvalue weighted by atomic mass is 16.2. The number of nitrogens with one attached hydrogen (secondary N) is 2. The molecule has 3 atom stereocenters. The molecular formula is C16H22N2O2. The van der Waals surface area contributed by atoms with Crippen molar-refractivity contribution in [1.82, 2.24) is 5.32 Å². The molecule has 0 unspecified atom stereocenters. The molecule has 0 spiro atoms. The zero-order valence-electron chi connectivity index (χ0n) is 12.3. The summed E-state index contributed by atoms with van der Waals surface area (Å²) in [6, 6.07) is 7.27. The van der Waals surface area contributed by atoms with Crippen LogP contribution in [0.15, 0.2) is 24.3 Å². The van der Waals surface area contributed by atoms with Crippen LogP contribution in [0, 0.1) is 11.8 Å².